The number of hydrogen-bond acceptors (Lipinski definition) is 2. The van der Waals surface area contributed by atoms with Gasteiger partial charge in [0.15, 0.2) is 0 Å². The van der Waals surface area contributed by atoms with Gasteiger partial charge in [0.25, 0.3) is 0 Å². The van der Waals surface area contributed by atoms with Crippen LogP contribution in [-0.2, 0) is 0 Å². The zero-order valence-electron chi connectivity index (χ0n) is 9.72. The van der Waals surface area contributed by atoms with Gasteiger partial charge in [0.1, 0.15) is 0 Å². The smallest absolute Gasteiger partial charge is 0.0875 e. The van der Waals surface area contributed by atoms with E-state index in [0.717, 1.165) is 20.3 Å². The van der Waals surface area contributed by atoms with Crippen LogP contribution in [0.15, 0.2) is 67.8 Å². The molecule has 0 bridgehead atoms. The molecule has 0 aliphatic rings. The van der Waals surface area contributed by atoms with Crippen LogP contribution in [0.25, 0.3) is 0 Å². The van der Waals surface area contributed by atoms with Crippen molar-refractivity contribution in [2.75, 3.05) is 12.1 Å². The third kappa shape index (κ3) is 3.65. The molecule has 92 valence electrons. The summed E-state index contributed by atoms with van der Waals surface area (Å²) < 4.78 is 2.08. The average molecular weight is 369 g/mol. The van der Waals surface area contributed by atoms with Crippen LogP contribution in [0.1, 0.15) is 0 Å². The van der Waals surface area contributed by atoms with Crippen LogP contribution >= 0.6 is 31.9 Å². The Morgan fingerprint density at radius 1 is 0.833 bits per heavy atom. The van der Waals surface area contributed by atoms with E-state index in [1.165, 1.54) is 0 Å². The minimum Gasteiger partial charge on any atom is -0.250 e. The van der Waals surface area contributed by atoms with Gasteiger partial charge in [0, 0.05) is 16.0 Å². The Kier molecular flexibility index (Phi) is 4.49. The number of hydrogen-bond donors (Lipinski definition) is 0. The van der Waals surface area contributed by atoms with E-state index < -0.39 is 0 Å². The maximum absolute atomic E-state index is 4.16. The molecule has 0 aromatic heterocycles. The van der Waals surface area contributed by atoms with Crippen LogP contribution < -0.4 is 5.01 Å². The summed E-state index contributed by atoms with van der Waals surface area (Å²) in [5, 5.41) is 10.0. The van der Waals surface area contributed by atoms with E-state index in [-0.39, 0.29) is 0 Å². The maximum Gasteiger partial charge on any atom is 0.0875 e. The Hall–Kier alpha value is -1.20. The molecule has 2 aromatic carbocycles. The lowest BCUT2D eigenvalue weighted by atomic mass is 10.3. The molecule has 0 unspecified atom stereocenters. The SMILES string of the molecule is CN(N=Nc1ccc(Br)cc1)c1ccc(Br)cc1. The normalized spacial score (nSPS) is 10.8. The van der Waals surface area contributed by atoms with Gasteiger partial charge in [-0.15, -0.1) is 5.11 Å². The van der Waals surface area contributed by atoms with E-state index in [1.807, 2.05) is 55.6 Å². The Morgan fingerprint density at radius 3 is 1.89 bits per heavy atom. The van der Waals surface area contributed by atoms with Gasteiger partial charge in [-0.1, -0.05) is 37.1 Å². The topological polar surface area (TPSA) is 28.0 Å². The van der Waals surface area contributed by atoms with Crippen molar-refractivity contribution in [2.24, 2.45) is 10.3 Å². The van der Waals surface area contributed by atoms with Crippen LogP contribution in [0.5, 0.6) is 0 Å². The molecule has 0 fully saturated rings. The fourth-order valence-corrected chi connectivity index (χ4v) is 1.86. The zero-order valence-corrected chi connectivity index (χ0v) is 12.9. The molecule has 18 heavy (non-hydrogen) atoms. The summed E-state index contributed by atoms with van der Waals surface area (Å²) in [6.45, 7) is 0. The van der Waals surface area contributed by atoms with E-state index in [1.54, 1.807) is 5.01 Å². The molecule has 3 nitrogen and oxygen atoms in total. The van der Waals surface area contributed by atoms with Crippen molar-refractivity contribution in [1.82, 2.24) is 0 Å². The second-order valence-electron chi connectivity index (χ2n) is 3.67. The van der Waals surface area contributed by atoms with Gasteiger partial charge in [0.2, 0.25) is 0 Å². The number of nitrogens with zero attached hydrogens (tertiary/aromatic N) is 3. The molecule has 0 amide bonds. The Bertz CT molecular complexity index is 535. The predicted molar refractivity (Wildman–Crippen MR) is 81.2 cm³/mol. The molecule has 0 aliphatic heterocycles. The first-order valence-electron chi connectivity index (χ1n) is 5.32. The van der Waals surface area contributed by atoms with E-state index in [9.17, 15) is 0 Å². The summed E-state index contributed by atoms with van der Waals surface area (Å²) in [6, 6.07) is 15.6. The Morgan fingerprint density at radius 2 is 1.33 bits per heavy atom. The summed E-state index contributed by atoms with van der Waals surface area (Å²) in [5.41, 5.74) is 1.81. The highest BCUT2D eigenvalue weighted by atomic mass is 79.9. The van der Waals surface area contributed by atoms with Gasteiger partial charge in [-0.3, -0.25) is 0 Å². The summed E-state index contributed by atoms with van der Waals surface area (Å²) in [4.78, 5) is 0. The van der Waals surface area contributed by atoms with Gasteiger partial charge < -0.3 is 0 Å². The number of rotatable bonds is 3. The molecular formula is C13H11Br2N3. The van der Waals surface area contributed by atoms with Crippen molar-refractivity contribution >= 4 is 43.2 Å². The van der Waals surface area contributed by atoms with E-state index >= 15 is 0 Å². The second kappa shape index (κ2) is 6.11. The average Bonchev–Trinajstić information content (AvgIpc) is 2.38. The lowest BCUT2D eigenvalue weighted by molar-refractivity contribution is 0.923. The molecule has 0 radical (unpaired) electrons. The molecule has 0 heterocycles. The first-order valence-corrected chi connectivity index (χ1v) is 6.90. The Balaban J connectivity index is 2.08. The van der Waals surface area contributed by atoms with Crippen molar-refractivity contribution in [1.29, 1.82) is 0 Å². The van der Waals surface area contributed by atoms with Gasteiger partial charge >= 0.3 is 0 Å². The van der Waals surface area contributed by atoms with Crippen LogP contribution in [0.4, 0.5) is 11.4 Å². The zero-order chi connectivity index (χ0) is 13.0. The molecule has 0 aliphatic carbocycles. The molecular weight excluding hydrogens is 358 g/mol. The molecule has 2 rings (SSSR count). The van der Waals surface area contributed by atoms with E-state index in [0.29, 0.717) is 0 Å². The number of halogens is 2. The molecule has 0 N–H and O–H groups in total. The summed E-state index contributed by atoms with van der Waals surface area (Å²) in [5.74, 6) is 0. The van der Waals surface area contributed by atoms with Gasteiger partial charge in [0.05, 0.1) is 11.4 Å². The Labute approximate surface area is 123 Å². The van der Waals surface area contributed by atoms with Gasteiger partial charge in [-0.05, 0) is 48.5 Å². The largest absolute Gasteiger partial charge is 0.250 e. The standard InChI is InChI=1S/C13H11Br2N3/c1-18(13-8-4-11(15)5-9-13)17-16-12-6-2-10(14)3-7-12/h2-9H,1H3. The third-order valence-electron chi connectivity index (χ3n) is 2.32. The first-order chi connectivity index (χ1) is 8.65. The fraction of sp³-hybridized carbons (Fsp3) is 0.0769. The number of anilines is 1. The lowest BCUT2D eigenvalue weighted by Crippen LogP contribution is -2.06. The highest BCUT2D eigenvalue weighted by Gasteiger charge is 1.98. The second-order valence-corrected chi connectivity index (χ2v) is 5.50. The van der Waals surface area contributed by atoms with Gasteiger partial charge in [-0.2, -0.15) is 0 Å². The van der Waals surface area contributed by atoms with E-state index in [2.05, 4.69) is 42.2 Å². The summed E-state index contributed by atoms with van der Waals surface area (Å²) in [7, 11) is 1.87. The van der Waals surface area contributed by atoms with Crippen molar-refractivity contribution in [3.63, 3.8) is 0 Å². The van der Waals surface area contributed by atoms with Crippen LogP contribution in [-0.4, -0.2) is 7.05 Å². The van der Waals surface area contributed by atoms with E-state index in [4.69, 9.17) is 0 Å². The van der Waals surface area contributed by atoms with Crippen LogP contribution in [0, 0.1) is 0 Å². The minimum absolute atomic E-state index is 0.821. The fourth-order valence-electron chi connectivity index (χ4n) is 1.33. The summed E-state index contributed by atoms with van der Waals surface area (Å²) in [6.07, 6.45) is 0. The third-order valence-corrected chi connectivity index (χ3v) is 3.38. The quantitative estimate of drug-likeness (QED) is 0.530. The lowest BCUT2D eigenvalue weighted by Gasteiger charge is -2.10. The van der Waals surface area contributed by atoms with Crippen molar-refractivity contribution in [2.45, 2.75) is 0 Å². The first kappa shape index (κ1) is 13.2. The minimum atomic E-state index is 0.821. The molecule has 0 spiro atoms. The van der Waals surface area contributed by atoms with Crippen molar-refractivity contribution in [3.05, 3.63) is 57.5 Å². The summed E-state index contributed by atoms with van der Waals surface area (Å²) >= 11 is 6.78. The van der Waals surface area contributed by atoms with Crippen LogP contribution in [0.3, 0.4) is 0 Å². The van der Waals surface area contributed by atoms with Gasteiger partial charge in [-0.25, -0.2) is 5.01 Å². The molecule has 0 atom stereocenters. The molecule has 0 saturated heterocycles. The monoisotopic (exact) mass is 367 g/mol. The molecule has 2 aromatic rings. The molecule has 5 heteroatoms. The van der Waals surface area contributed by atoms with Crippen molar-refractivity contribution < 1.29 is 0 Å². The van der Waals surface area contributed by atoms with Crippen molar-refractivity contribution in [3.8, 4) is 0 Å². The highest BCUT2D eigenvalue weighted by molar-refractivity contribution is 9.10. The molecule has 0 saturated carbocycles. The van der Waals surface area contributed by atoms with Crippen LogP contribution in [0.2, 0.25) is 0 Å². The highest BCUT2D eigenvalue weighted by Crippen LogP contribution is 2.20. The maximum atomic E-state index is 4.16. The number of benzene rings is 2. The predicted octanol–water partition coefficient (Wildman–Crippen LogP) is 5.35.